The first kappa shape index (κ1) is 12.2. The summed E-state index contributed by atoms with van der Waals surface area (Å²) in [5, 5.41) is 9.11. The number of nitrogens with zero attached hydrogens (tertiary/aromatic N) is 1. The molecule has 1 saturated carbocycles. The van der Waals surface area contributed by atoms with Crippen molar-refractivity contribution in [1.29, 1.82) is 0 Å². The number of benzene rings is 1. The third-order valence-electron chi connectivity index (χ3n) is 3.99. The quantitative estimate of drug-likeness (QED) is 0.901. The lowest BCUT2D eigenvalue weighted by Crippen LogP contribution is -2.37. The Morgan fingerprint density at radius 1 is 1.21 bits per heavy atom. The lowest BCUT2D eigenvalue weighted by atomic mass is 10.1. The highest BCUT2D eigenvalue weighted by Gasteiger charge is 2.35. The maximum atomic E-state index is 11.7. The van der Waals surface area contributed by atoms with Gasteiger partial charge in [-0.3, -0.25) is 4.79 Å². The van der Waals surface area contributed by atoms with E-state index in [1.165, 1.54) is 23.3 Å². The Hall–Kier alpha value is -1.84. The number of carboxylic acid groups (broad SMARTS) is 1. The first-order valence-corrected chi connectivity index (χ1v) is 6.76. The van der Waals surface area contributed by atoms with E-state index in [1.54, 1.807) is 0 Å². The summed E-state index contributed by atoms with van der Waals surface area (Å²) in [4.78, 5) is 24.3. The Kier molecular flexibility index (Phi) is 3.01. The van der Waals surface area contributed by atoms with Crippen LogP contribution >= 0.6 is 0 Å². The van der Waals surface area contributed by atoms with E-state index in [4.69, 9.17) is 5.11 Å². The molecule has 1 unspecified atom stereocenters. The van der Waals surface area contributed by atoms with E-state index in [-0.39, 0.29) is 5.91 Å². The highest BCUT2D eigenvalue weighted by Crippen LogP contribution is 2.40. The minimum atomic E-state index is -0.902. The lowest BCUT2D eigenvalue weighted by molar-refractivity contribution is -0.146. The van der Waals surface area contributed by atoms with Crippen molar-refractivity contribution in [3.8, 4) is 0 Å². The second-order valence-electron chi connectivity index (χ2n) is 5.43. The minimum Gasteiger partial charge on any atom is -0.480 e. The van der Waals surface area contributed by atoms with Crippen LogP contribution in [0.1, 0.15) is 42.7 Å². The van der Waals surface area contributed by atoms with Gasteiger partial charge in [0.1, 0.15) is 6.04 Å². The van der Waals surface area contributed by atoms with Crippen LogP contribution in [0.25, 0.3) is 0 Å². The third-order valence-corrected chi connectivity index (χ3v) is 3.99. The van der Waals surface area contributed by atoms with E-state index in [1.807, 2.05) is 12.1 Å². The molecular formula is C15H17NO3. The molecule has 1 atom stereocenters. The fourth-order valence-corrected chi connectivity index (χ4v) is 2.70. The Morgan fingerprint density at radius 2 is 1.89 bits per heavy atom. The van der Waals surface area contributed by atoms with Crippen molar-refractivity contribution >= 4 is 11.9 Å². The Morgan fingerprint density at radius 3 is 2.47 bits per heavy atom. The van der Waals surface area contributed by atoms with Crippen molar-refractivity contribution in [3.63, 3.8) is 0 Å². The molecule has 1 aliphatic carbocycles. The van der Waals surface area contributed by atoms with E-state index < -0.39 is 12.0 Å². The number of amides is 1. The first-order chi connectivity index (χ1) is 9.15. The van der Waals surface area contributed by atoms with Gasteiger partial charge in [0.05, 0.1) is 0 Å². The van der Waals surface area contributed by atoms with Crippen LogP contribution in [0.2, 0.25) is 0 Å². The van der Waals surface area contributed by atoms with Crippen molar-refractivity contribution in [2.75, 3.05) is 0 Å². The second-order valence-corrected chi connectivity index (χ2v) is 5.43. The van der Waals surface area contributed by atoms with Gasteiger partial charge in [-0.15, -0.1) is 0 Å². The molecule has 1 aliphatic heterocycles. The molecule has 4 nitrogen and oxygen atoms in total. The molecule has 0 radical (unpaired) electrons. The van der Waals surface area contributed by atoms with Crippen LogP contribution < -0.4 is 0 Å². The molecule has 0 aromatic heterocycles. The van der Waals surface area contributed by atoms with Gasteiger partial charge in [-0.25, -0.2) is 4.79 Å². The molecule has 0 spiro atoms. The van der Waals surface area contributed by atoms with Crippen molar-refractivity contribution in [1.82, 2.24) is 4.90 Å². The molecule has 1 heterocycles. The SMILES string of the molecule is O=C(O)C1CCC(=O)N1Cc1ccc(C2CC2)cc1. The molecule has 2 aliphatic rings. The molecule has 3 rings (SSSR count). The minimum absolute atomic E-state index is 0.0568. The molecule has 19 heavy (non-hydrogen) atoms. The lowest BCUT2D eigenvalue weighted by Gasteiger charge is -2.21. The topological polar surface area (TPSA) is 57.6 Å². The van der Waals surface area contributed by atoms with Crippen molar-refractivity contribution in [2.24, 2.45) is 0 Å². The smallest absolute Gasteiger partial charge is 0.326 e. The number of hydrogen-bond acceptors (Lipinski definition) is 2. The Labute approximate surface area is 112 Å². The van der Waals surface area contributed by atoms with E-state index in [9.17, 15) is 9.59 Å². The Balaban J connectivity index is 1.72. The van der Waals surface area contributed by atoms with E-state index in [2.05, 4.69) is 12.1 Å². The van der Waals surface area contributed by atoms with Gasteiger partial charge in [-0.05, 0) is 36.3 Å². The van der Waals surface area contributed by atoms with Gasteiger partial charge in [0.25, 0.3) is 0 Å². The summed E-state index contributed by atoms with van der Waals surface area (Å²) in [5.41, 5.74) is 2.36. The normalized spacial score (nSPS) is 22.8. The van der Waals surface area contributed by atoms with Crippen LogP contribution in [0.5, 0.6) is 0 Å². The molecule has 1 saturated heterocycles. The van der Waals surface area contributed by atoms with Gasteiger partial charge in [0.15, 0.2) is 0 Å². The number of carbonyl (C=O) groups excluding carboxylic acids is 1. The van der Waals surface area contributed by atoms with Crippen LogP contribution in [0.15, 0.2) is 24.3 Å². The van der Waals surface area contributed by atoms with Crippen LogP contribution in [0.3, 0.4) is 0 Å². The van der Waals surface area contributed by atoms with E-state index >= 15 is 0 Å². The zero-order valence-electron chi connectivity index (χ0n) is 10.7. The van der Waals surface area contributed by atoms with Gasteiger partial charge in [-0.2, -0.15) is 0 Å². The summed E-state index contributed by atoms with van der Waals surface area (Å²) in [6, 6.07) is 7.57. The predicted molar refractivity (Wildman–Crippen MR) is 69.6 cm³/mol. The number of rotatable bonds is 4. The fourth-order valence-electron chi connectivity index (χ4n) is 2.70. The van der Waals surface area contributed by atoms with Crippen LogP contribution in [0, 0.1) is 0 Å². The summed E-state index contributed by atoms with van der Waals surface area (Å²) in [6.45, 7) is 0.404. The average Bonchev–Trinajstić information content (AvgIpc) is 3.17. The highest BCUT2D eigenvalue weighted by molar-refractivity contribution is 5.87. The third kappa shape index (κ3) is 2.48. The predicted octanol–water partition coefficient (Wildman–Crippen LogP) is 2.14. The molecule has 1 amide bonds. The van der Waals surface area contributed by atoms with Crippen LogP contribution in [-0.4, -0.2) is 27.9 Å². The molecule has 1 aromatic carbocycles. The summed E-state index contributed by atoms with van der Waals surface area (Å²) < 4.78 is 0. The number of likely N-dealkylation sites (tertiary alicyclic amines) is 1. The Bertz CT molecular complexity index is 505. The number of carboxylic acids is 1. The largest absolute Gasteiger partial charge is 0.480 e. The van der Waals surface area contributed by atoms with Gasteiger partial charge in [0, 0.05) is 13.0 Å². The highest BCUT2D eigenvalue weighted by atomic mass is 16.4. The summed E-state index contributed by atoms with van der Waals surface area (Å²) in [6.07, 6.45) is 3.31. The van der Waals surface area contributed by atoms with Gasteiger partial charge >= 0.3 is 5.97 Å². The molecule has 1 aromatic rings. The summed E-state index contributed by atoms with van der Waals surface area (Å²) in [7, 11) is 0. The summed E-state index contributed by atoms with van der Waals surface area (Å²) in [5.74, 6) is -0.242. The maximum absolute atomic E-state index is 11.7. The number of hydrogen-bond donors (Lipinski definition) is 1. The molecular weight excluding hydrogens is 242 g/mol. The standard InChI is InChI=1S/C15H17NO3/c17-14-8-7-13(15(18)19)16(14)9-10-1-3-11(4-2-10)12-5-6-12/h1-4,12-13H,5-9H2,(H,18,19). The monoisotopic (exact) mass is 259 g/mol. The molecule has 1 N–H and O–H groups in total. The van der Waals surface area contributed by atoms with Gasteiger partial charge in [0.2, 0.25) is 5.91 Å². The van der Waals surface area contributed by atoms with Gasteiger partial charge < -0.3 is 10.0 Å². The maximum Gasteiger partial charge on any atom is 0.326 e. The van der Waals surface area contributed by atoms with Crippen molar-refractivity contribution < 1.29 is 14.7 Å². The fraction of sp³-hybridized carbons (Fsp3) is 0.467. The molecule has 0 bridgehead atoms. The zero-order valence-corrected chi connectivity index (χ0v) is 10.7. The van der Waals surface area contributed by atoms with Crippen molar-refractivity contribution in [2.45, 2.75) is 44.2 Å². The molecule has 100 valence electrons. The van der Waals surface area contributed by atoms with Gasteiger partial charge in [-0.1, -0.05) is 24.3 Å². The average molecular weight is 259 g/mol. The van der Waals surface area contributed by atoms with Crippen molar-refractivity contribution in [3.05, 3.63) is 35.4 Å². The number of aliphatic carboxylic acids is 1. The first-order valence-electron chi connectivity index (χ1n) is 6.76. The van der Waals surface area contributed by atoms with E-state index in [0.717, 1.165) is 5.56 Å². The molecule has 2 fully saturated rings. The number of carbonyl (C=O) groups is 2. The van der Waals surface area contributed by atoms with Crippen LogP contribution in [0.4, 0.5) is 0 Å². The zero-order chi connectivity index (χ0) is 13.4. The summed E-state index contributed by atoms with van der Waals surface area (Å²) >= 11 is 0. The molecule has 4 heteroatoms. The van der Waals surface area contributed by atoms with E-state index in [0.29, 0.717) is 25.3 Å². The second kappa shape index (κ2) is 4.68. The van der Waals surface area contributed by atoms with Crippen LogP contribution in [-0.2, 0) is 16.1 Å².